The number of nitrogens with zero attached hydrogens (tertiary/aromatic N) is 3. The Bertz CT molecular complexity index is 1220. The standard InChI is InChI=1S/C23H24N4O3S/c1-12(14-7-20(28)25-9-14)30-19-6-13(5-17-21(19)31-11-26-17)16-8-18-15(10-24-16)23(2,3)22(29)27(18)4/h5-6,8,10-12,14H,7,9H2,1-4H3,(H,25,28)/t12-,14-/m1/s1. The topological polar surface area (TPSA) is 84.4 Å². The van der Waals surface area contributed by atoms with Crippen LogP contribution in [0.25, 0.3) is 21.5 Å². The average Bonchev–Trinajstić information content (AvgIpc) is 3.44. The SMILES string of the molecule is C[C@@H](Oc1cc(-c2cc3c(cn2)C(C)(C)C(=O)N3C)cc2ncsc12)[C@H]1CNC(=O)C1. The summed E-state index contributed by atoms with van der Waals surface area (Å²) in [5.74, 6) is 1.02. The number of thiazole rings is 1. The van der Waals surface area contributed by atoms with Gasteiger partial charge in [-0.2, -0.15) is 0 Å². The number of pyridine rings is 1. The number of carbonyl (C=O) groups excluding carboxylic acids is 2. The van der Waals surface area contributed by atoms with Crippen LogP contribution in [0.2, 0.25) is 0 Å². The van der Waals surface area contributed by atoms with Crippen molar-refractivity contribution in [1.29, 1.82) is 0 Å². The van der Waals surface area contributed by atoms with E-state index in [2.05, 4.69) is 15.3 Å². The number of hydrogen-bond donors (Lipinski definition) is 1. The monoisotopic (exact) mass is 436 g/mol. The van der Waals surface area contributed by atoms with Crippen LogP contribution in [-0.2, 0) is 15.0 Å². The summed E-state index contributed by atoms with van der Waals surface area (Å²) in [4.78, 5) is 35.1. The van der Waals surface area contributed by atoms with Gasteiger partial charge in [-0.15, -0.1) is 11.3 Å². The Morgan fingerprint density at radius 3 is 2.81 bits per heavy atom. The van der Waals surface area contributed by atoms with E-state index in [4.69, 9.17) is 4.74 Å². The van der Waals surface area contributed by atoms with Crippen molar-refractivity contribution in [2.24, 2.45) is 5.92 Å². The third kappa shape index (κ3) is 3.17. The number of amides is 2. The molecule has 0 unspecified atom stereocenters. The molecule has 1 saturated heterocycles. The number of ether oxygens (including phenoxy) is 1. The van der Waals surface area contributed by atoms with Gasteiger partial charge >= 0.3 is 0 Å². The molecule has 0 spiro atoms. The Hall–Kier alpha value is -3.00. The van der Waals surface area contributed by atoms with Gasteiger partial charge in [-0.05, 0) is 39.0 Å². The first-order valence-electron chi connectivity index (χ1n) is 10.4. The maximum absolute atomic E-state index is 12.6. The maximum Gasteiger partial charge on any atom is 0.236 e. The van der Waals surface area contributed by atoms with Crippen molar-refractivity contribution in [2.75, 3.05) is 18.5 Å². The zero-order chi connectivity index (χ0) is 21.9. The van der Waals surface area contributed by atoms with Crippen LogP contribution >= 0.6 is 11.3 Å². The molecule has 4 heterocycles. The summed E-state index contributed by atoms with van der Waals surface area (Å²) in [5, 5.41) is 2.87. The number of benzene rings is 1. The maximum atomic E-state index is 12.6. The molecule has 2 aromatic heterocycles. The molecule has 0 aliphatic carbocycles. The van der Waals surface area contributed by atoms with Crippen molar-refractivity contribution in [3.8, 4) is 17.0 Å². The first-order valence-corrected chi connectivity index (χ1v) is 11.2. The second-order valence-electron chi connectivity index (χ2n) is 8.84. The Balaban J connectivity index is 1.53. The van der Waals surface area contributed by atoms with Crippen molar-refractivity contribution in [2.45, 2.75) is 38.7 Å². The number of rotatable bonds is 4. The van der Waals surface area contributed by atoms with Gasteiger partial charge in [0.1, 0.15) is 11.9 Å². The minimum atomic E-state index is -0.578. The number of nitrogens with one attached hydrogen (secondary N) is 1. The lowest BCUT2D eigenvalue weighted by Gasteiger charge is -2.20. The van der Waals surface area contributed by atoms with Crippen molar-refractivity contribution in [1.82, 2.24) is 15.3 Å². The van der Waals surface area contributed by atoms with E-state index in [1.807, 2.05) is 39.0 Å². The number of anilines is 1. The van der Waals surface area contributed by atoms with Crippen LogP contribution in [0.3, 0.4) is 0 Å². The van der Waals surface area contributed by atoms with Gasteiger partial charge in [0, 0.05) is 43.3 Å². The van der Waals surface area contributed by atoms with Gasteiger partial charge in [0.05, 0.1) is 32.5 Å². The van der Waals surface area contributed by atoms with Gasteiger partial charge in [-0.25, -0.2) is 4.98 Å². The number of aromatic nitrogens is 2. The molecule has 7 nitrogen and oxygen atoms in total. The number of likely N-dealkylation sites (N-methyl/N-ethyl adjacent to an activating group) is 1. The van der Waals surface area contributed by atoms with Gasteiger partial charge in [-0.1, -0.05) is 0 Å². The molecule has 3 aromatic rings. The molecule has 2 aliphatic rings. The lowest BCUT2D eigenvalue weighted by molar-refractivity contribution is -0.122. The van der Waals surface area contributed by atoms with Crippen LogP contribution in [0.5, 0.6) is 5.75 Å². The molecular formula is C23H24N4O3S. The van der Waals surface area contributed by atoms with Gasteiger partial charge in [0.25, 0.3) is 0 Å². The molecule has 0 radical (unpaired) electrons. The fourth-order valence-electron chi connectivity index (χ4n) is 4.43. The molecule has 2 aliphatic heterocycles. The van der Waals surface area contributed by atoms with Crippen LogP contribution in [0.1, 0.15) is 32.8 Å². The highest BCUT2D eigenvalue weighted by Gasteiger charge is 2.42. The summed E-state index contributed by atoms with van der Waals surface area (Å²) in [6.07, 6.45) is 2.17. The minimum absolute atomic E-state index is 0.0639. The van der Waals surface area contributed by atoms with E-state index in [-0.39, 0.29) is 23.8 Å². The predicted octanol–water partition coefficient (Wildman–Crippen LogP) is 3.52. The van der Waals surface area contributed by atoms with Crippen molar-refractivity contribution < 1.29 is 14.3 Å². The van der Waals surface area contributed by atoms with E-state index >= 15 is 0 Å². The highest BCUT2D eigenvalue weighted by molar-refractivity contribution is 7.17. The lowest BCUT2D eigenvalue weighted by Crippen LogP contribution is -2.33. The van der Waals surface area contributed by atoms with Crippen molar-refractivity contribution in [3.63, 3.8) is 0 Å². The molecule has 8 heteroatoms. The molecule has 5 rings (SSSR count). The van der Waals surface area contributed by atoms with E-state index in [1.165, 1.54) is 11.3 Å². The van der Waals surface area contributed by atoms with Crippen LogP contribution in [-0.4, -0.2) is 41.5 Å². The van der Waals surface area contributed by atoms with Gasteiger partial charge in [-0.3, -0.25) is 14.6 Å². The quantitative estimate of drug-likeness (QED) is 0.677. The van der Waals surface area contributed by atoms with Crippen LogP contribution in [0.4, 0.5) is 5.69 Å². The zero-order valence-electron chi connectivity index (χ0n) is 17.9. The summed E-state index contributed by atoms with van der Waals surface area (Å²) in [5.41, 5.74) is 5.53. The largest absolute Gasteiger partial charge is 0.489 e. The smallest absolute Gasteiger partial charge is 0.236 e. The molecule has 160 valence electrons. The molecule has 1 N–H and O–H groups in total. The Morgan fingerprint density at radius 2 is 2.06 bits per heavy atom. The molecular weight excluding hydrogens is 412 g/mol. The molecule has 31 heavy (non-hydrogen) atoms. The molecule has 0 saturated carbocycles. The number of fused-ring (bicyclic) bond motifs is 2. The summed E-state index contributed by atoms with van der Waals surface area (Å²) in [7, 11) is 1.80. The van der Waals surface area contributed by atoms with Gasteiger partial charge in [0.2, 0.25) is 11.8 Å². The minimum Gasteiger partial charge on any atom is -0.489 e. The Labute approximate surface area is 184 Å². The van der Waals surface area contributed by atoms with Gasteiger partial charge < -0.3 is 15.0 Å². The van der Waals surface area contributed by atoms with E-state index in [9.17, 15) is 9.59 Å². The van der Waals surface area contributed by atoms with E-state index in [0.717, 1.165) is 38.5 Å². The van der Waals surface area contributed by atoms with Crippen LogP contribution in [0, 0.1) is 5.92 Å². The third-order valence-corrected chi connectivity index (χ3v) is 7.29. The molecule has 1 aromatic carbocycles. The summed E-state index contributed by atoms with van der Waals surface area (Å²) >= 11 is 1.53. The fraction of sp³-hybridized carbons (Fsp3) is 0.391. The molecule has 1 fully saturated rings. The summed E-state index contributed by atoms with van der Waals surface area (Å²) in [6, 6.07) is 5.95. The first kappa shape index (κ1) is 19.9. The average molecular weight is 437 g/mol. The molecule has 0 bridgehead atoms. The number of hydrogen-bond acceptors (Lipinski definition) is 6. The van der Waals surface area contributed by atoms with Gasteiger partial charge in [0.15, 0.2) is 0 Å². The van der Waals surface area contributed by atoms with E-state index in [0.29, 0.717) is 13.0 Å². The van der Waals surface area contributed by atoms with Crippen LogP contribution < -0.4 is 15.0 Å². The second kappa shape index (κ2) is 7.02. The predicted molar refractivity (Wildman–Crippen MR) is 120 cm³/mol. The normalized spacial score (nSPS) is 20.8. The zero-order valence-corrected chi connectivity index (χ0v) is 18.7. The van der Waals surface area contributed by atoms with E-state index in [1.54, 1.807) is 23.7 Å². The molecule has 2 atom stereocenters. The Morgan fingerprint density at radius 1 is 1.26 bits per heavy atom. The highest BCUT2D eigenvalue weighted by Crippen LogP contribution is 2.43. The van der Waals surface area contributed by atoms with Crippen molar-refractivity contribution >= 4 is 39.1 Å². The Kier molecular flexibility index (Phi) is 4.51. The number of carbonyl (C=O) groups is 2. The van der Waals surface area contributed by atoms with E-state index < -0.39 is 5.41 Å². The van der Waals surface area contributed by atoms with Crippen molar-refractivity contribution in [3.05, 3.63) is 35.5 Å². The second-order valence-corrected chi connectivity index (χ2v) is 9.70. The summed E-state index contributed by atoms with van der Waals surface area (Å²) < 4.78 is 7.30. The van der Waals surface area contributed by atoms with Crippen LogP contribution in [0.15, 0.2) is 29.9 Å². The summed E-state index contributed by atoms with van der Waals surface area (Å²) in [6.45, 7) is 6.49. The third-order valence-electron chi connectivity index (χ3n) is 6.44. The lowest BCUT2D eigenvalue weighted by atomic mass is 9.87. The first-order chi connectivity index (χ1) is 14.8. The fourth-order valence-corrected chi connectivity index (χ4v) is 5.16. The highest BCUT2D eigenvalue weighted by atomic mass is 32.1. The molecule has 2 amide bonds.